The van der Waals surface area contributed by atoms with Crippen LogP contribution in [0.3, 0.4) is 0 Å². The van der Waals surface area contributed by atoms with Crippen molar-refractivity contribution in [3.05, 3.63) is 146 Å². The first-order valence-corrected chi connectivity index (χ1v) is 31.8. The van der Waals surface area contributed by atoms with E-state index >= 15 is 0 Å². The molecule has 0 aliphatic rings. The lowest BCUT2D eigenvalue weighted by Crippen LogP contribution is -2.30. The molecule has 0 saturated carbocycles. The third-order valence-corrected chi connectivity index (χ3v) is 13.1. The molecule has 0 fully saturated rings. The number of ether oxygens (including phenoxy) is 3. The monoisotopic (exact) mass is 1080 g/mol. The van der Waals surface area contributed by atoms with Gasteiger partial charge in [-0.05, 0) is 141 Å². The largest absolute Gasteiger partial charge is 0.462 e. The molecule has 0 heterocycles. The van der Waals surface area contributed by atoms with Crippen LogP contribution >= 0.6 is 0 Å². The number of carbonyl (C=O) groups is 3. The van der Waals surface area contributed by atoms with Gasteiger partial charge in [0.15, 0.2) is 6.10 Å². The Bertz CT molecular complexity index is 1710. The Morgan fingerprint density at radius 3 is 0.821 bits per heavy atom. The summed E-state index contributed by atoms with van der Waals surface area (Å²) >= 11 is 0. The summed E-state index contributed by atoms with van der Waals surface area (Å²) in [4.78, 5) is 38.2. The van der Waals surface area contributed by atoms with E-state index in [0.29, 0.717) is 19.3 Å². The zero-order chi connectivity index (χ0) is 56.4. The van der Waals surface area contributed by atoms with Gasteiger partial charge in [-0.2, -0.15) is 0 Å². The highest BCUT2D eigenvalue weighted by molar-refractivity contribution is 5.71. The van der Waals surface area contributed by atoms with Gasteiger partial charge in [0.25, 0.3) is 0 Å². The first-order valence-electron chi connectivity index (χ1n) is 31.8. The zero-order valence-corrected chi connectivity index (χ0v) is 50.4. The first kappa shape index (κ1) is 73.3. The summed E-state index contributed by atoms with van der Waals surface area (Å²) in [6, 6.07) is 0. The van der Waals surface area contributed by atoms with Gasteiger partial charge in [-0.1, -0.05) is 256 Å². The quantitative estimate of drug-likeness (QED) is 0.0261. The molecule has 6 nitrogen and oxygen atoms in total. The van der Waals surface area contributed by atoms with E-state index in [1.54, 1.807) is 0 Å². The number of hydrogen-bond donors (Lipinski definition) is 0. The van der Waals surface area contributed by atoms with E-state index in [9.17, 15) is 14.4 Å². The second-order valence-electron chi connectivity index (χ2n) is 20.5. The molecule has 0 spiro atoms. The topological polar surface area (TPSA) is 78.9 Å². The second-order valence-corrected chi connectivity index (χ2v) is 20.5. The van der Waals surface area contributed by atoms with Crippen molar-refractivity contribution in [2.24, 2.45) is 0 Å². The van der Waals surface area contributed by atoms with Gasteiger partial charge in [-0.15, -0.1) is 0 Å². The van der Waals surface area contributed by atoms with Crippen molar-refractivity contribution < 1.29 is 28.6 Å². The standard InChI is InChI=1S/C72H116O6/c1-4-7-10-13-16-19-22-25-27-28-29-30-31-32-33-34-35-36-37-38-39-40-41-42-43-44-46-47-50-53-56-59-62-65-71(74)77-68-69(67-76-70(73)64-61-58-55-52-49-24-21-18-15-12-9-6-3)78-72(75)66-63-60-57-54-51-48-45-26-23-20-17-14-11-8-5-2/h7-8,10-11,16-21,25-27,29-30,32-33,35-36,38-39,45,51,54,69H,4-6,9,12-15,22-24,28,31,34,37,40-44,46-50,52-53,55-68H2,1-3H3/b10-7-,11-8-,19-16-,20-17-,21-18-,27-25-,30-29-,33-32-,36-35-,39-38-,45-26-,54-51-. The van der Waals surface area contributed by atoms with E-state index in [-0.39, 0.29) is 37.5 Å². The minimum Gasteiger partial charge on any atom is -0.462 e. The normalized spacial score (nSPS) is 13.1. The molecular formula is C72H116O6. The molecule has 0 amide bonds. The van der Waals surface area contributed by atoms with E-state index in [2.05, 4.69) is 167 Å². The summed E-state index contributed by atoms with van der Waals surface area (Å²) in [5.74, 6) is -0.958. The lowest BCUT2D eigenvalue weighted by atomic mass is 10.0. The van der Waals surface area contributed by atoms with Crippen LogP contribution in [0.1, 0.15) is 271 Å². The smallest absolute Gasteiger partial charge is 0.306 e. The molecule has 440 valence electrons. The first-order chi connectivity index (χ1) is 38.5. The van der Waals surface area contributed by atoms with Gasteiger partial charge < -0.3 is 14.2 Å². The van der Waals surface area contributed by atoms with Crippen LogP contribution in [0.15, 0.2) is 146 Å². The van der Waals surface area contributed by atoms with Crippen LogP contribution in [-0.4, -0.2) is 37.2 Å². The van der Waals surface area contributed by atoms with E-state index in [0.717, 1.165) is 135 Å². The van der Waals surface area contributed by atoms with Gasteiger partial charge in [0, 0.05) is 19.3 Å². The van der Waals surface area contributed by atoms with Gasteiger partial charge in [0.1, 0.15) is 13.2 Å². The molecule has 0 aliphatic carbocycles. The Morgan fingerprint density at radius 2 is 0.500 bits per heavy atom. The molecule has 0 N–H and O–H groups in total. The number of unbranched alkanes of at least 4 members (excludes halogenated alkanes) is 21. The minimum absolute atomic E-state index is 0.103. The number of rotatable bonds is 56. The summed E-state index contributed by atoms with van der Waals surface area (Å²) in [7, 11) is 0. The van der Waals surface area contributed by atoms with E-state index in [1.807, 2.05) is 0 Å². The van der Waals surface area contributed by atoms with Gasteiger partial charge in [0.2, 0.25) is 0 Å². The molecule has 0 radical (unpaired) electrons. The number of esters is 3. The number of hydrogen-bond acceptors (Lipinski definition) is 6. The highest BCUT2D eigenvalue weighted by Gasteiger charge is 2.19. The number of carbonyl (C=O) groups excluding carboxylic acids is 3. The molecule has 6 heteroatoms. The van der Waals surface area contributed by atoms with Crippen LogP contribution < -0.4 is 0 Å². The van der Waals surface area contributed by atoms with Crippen LogP contribution in [-0.2, 0) is 28.6 Å². The van der Waals surface area contributed by atoms with Crippen molar-refractivity contribution in [2.75, 3.05) is 13.2 Å². The molecule has 0 aromatic heterocycles. The third kappa shape index (κ3) is 62.1. The number of allylic oxidation sites excluding steroid dienone is 24. The maximum absolute atomic E-state index is 12.8. The summed E-state index contributed by atoms with van der Waals surface area (Å²) in [6.07, 6.45) is 92.9. The van der Waals surface area contributed by atoms with Crippen molar-refractivity contribution in [1.82, 2.24) is 0 Å². The van der Waals surface area contributed by atoms with E-state index in [4.69, 9.17) is 14.2 Å². The minimum atomic E-state index is -0.809. The highest BCUT2D eigenvalue weighted by atomic mass is 16.6. The molecule has 1 unspecified atom stereocenters. The highest BCUT2D eigenvalue weighted by Crippen LogP contribution is 2.15. The molecule has 1 atom stereocenters. The second kappa shape index (κ2) is 64.8. The van der Waals surface area contributed by atoms with Gasteiger partial charge in [-0.3, -0.25) is 14.4 Å². The van der Waals surface area contributed by atoms with Gasteiger partial charge >= 0.3 is 17.9 Å². The summed E-state index contributed by atoms with van der Waals surface area (Å²) < 4.78 is 16.8. The Kier molecular flexibility index (Phi) is 60.9. The van der Waals surface area contributed by atoms with E-state index < -0.39 is 6.10 Å². The predicted molar refractivity (Wildman–Crippen MR) is 339 cm³/mol. The van der Waals surface area contributed by atoms with Crippen molar-refractivity contribution in [3.8, 4) is 0 Å². The Morgan fingerprint density at radius 1 is 0.269 bits per heavy atom. The van der Waals surface area contributed by atoms with Gasteiger partial charge in [0.05, 0.1) is 0 Å². The average Bonchev–Trinajstić information content (AvgIpc) is 3.44. The lowest BCUT2D eigenvalue weighted by molar-refractivity contribution is -0.167. The van der Waals surface area contributed by atoms with Gasteiger partial charge in [-0.25, -0.2) is 0 Å². The third-order valence-electron chi connectivity index (χ3n) is 13.1. The fourth-order valence-electron chi connectivity index (χ4n) is 8.35. The summed E-state index contributed by atoms with van der Waals surface area (Å²) in [5, 5.41) is 0. The van der Waals surface area contributed by atoms with Crippen LogP contribution in [0.5, 0.6) is 0 Å². The van der Waals surface area contributed by atoms with Crippen LogP contribution in [0.25, 0.3) is 0 Å². The maximum atomic E-state index is 12.8. The lowest BCUT2D eigenvalue weighted by Gasteiger charge is -2.18. The van der Waals surface area contributed by atoms with Crippen molar-refractivity contribution in [3.63, 3.8) is 0 Å². The van der Waals surface area contributed by atoms with Crippen LogP contribution in [0, 0.1) is 0 Å². The molecule has 0 bridgehead atoms. The zero-order valence-electron chi connectivity index (χ0n) is 50.4. The SMILES string of the molecule is CC/C=C\C/C=C\C/C=C\C/C=C\C/C=C\C/C=C\C/C=C\CCCCCCCCCCCCCC(=O)OCC(COC(=O)CCCCCCC/C=C\CCCCC)OC(=O)CCCC/C=C\C/C=C\C/C=C\C/C=C\CC. The fraction of sp³-hybridized carbons (Fsp3) is 0.625. The maximum Gasteiger partial charge on any atom is 0.306 e. The van der Waals surface area contributed by atoms with Crippen LogP contribution in [0.4, 0.5) is 0 Å². The van der Waals surface area contributed by atoms with E-state index in [1.165, 1.54) is 89.9 Å². The fourth-order valence-corrected chi connectivity index (χ4v) is 8.35. The molecule has 0 aliphatic heterocycles. The molecule has 0 saturated heterocycles. The molecule has 0 aromatic rings. The molecule has 0 aromatic carbocycles. The summed E-state index contributed by atoms with van der Waals surface area (Å²) in [6.45, 7) is 6.34. The summed E-state index contributed by atoms with van der Waals surface area (Å²) in [5.41, 5.74) is 0. The van der Waals surface area contributed by atoms with Crippen molar-refractivity contribution in [1.29, 1.82) is 0 Å². The van der Waals surface area contributed by atoms with Crippen LogP contribution in [0.2, 0.25) is 0 Å². The average molecular weight is 1080 g/mol. The predicted octanol–water partition coefficient (Wildman–Crippen LogP) is 21.9. The molecular weight excluding hydrogens is 961 g/mol. The molecule has 0 rings (SSSR count). The van der Waals surface area contributed by atoms with Crippen molar-refractivity contribution in [2.45, 2.75) is 277 Å². The molecule has 78 heavy (non-hydrogen) atoms. The Balaban J connectivity index is 4.26. The Labute approximate surface area is 480 Å². The Hall–Kier alpha value is -4.71. The van der Waals surface area contributed by atoms with Crippen molar-refractivity contribution >= 4 is 17.9 Å².